The van der Waals surface area contributed by atoms with E-state index in [0.717, 1.165) is 24.3 Å². The molecule has 1 aromatic rings. The highest BCUT2D eigenvalue weighted by molar-refractivity contribution is 5.91. The fourth-order valence-corrected chi connectivity index (χ4v) is 2.77. The third-order valence-corrected chi connectivity index (χ3v) is 4.02. The molecule has 0 aromatic heterocycles. The van der Waals surface area contributed by atoms with E-state index >= 15 is 0 Å². The molecule has 0 heterocycles. The summed E-state index contributed by atoms with van der Waals surface area (Å²) in [5, 5.41) is 6.01. The van der Waals surface area contributed by atoms with E-state index in [-0.39, 0.29) is 12.1 Å². The van der Waals surface area contributed by atoms with Crippen molar-refractivity contribution in [1.29, 1.82) is 0 Å². The van der Waals surface area contributed by atoms with Crippen LogP contribution in [-0.4, -0.2) is 18.7 Å². The Morgan fingerprint density at radius 1 is 1.29 bits per heavy atom. The van der Waals surface area contributed by atoms with E-state index in [9.17, 15) is 4.79 Å². The number of amides is 2. The number of carbonyl (C=O) groups is 1. The lowest BCUT2D eigenvalue weighted by Gasteiger charge is -2.29. The fraction of sp³-hybridized carbons (Fsp3) is 0.588. The minimum Gasteiger partial charge on any atom is -0.491 e. The molecule has 0 spiro atoms. The van der Waals surface area contributed by atoms with Crippen molar-refractivity contribution < 1.29 is 9.53 Å². The van der Waals surface area contributed by atoms with Crippen LogP contribution in [-0.2, 0) is 0 Å². The summed E-state index contributed by atoms with van der Waals surface area (Å²) in [7, 11) is 0. The fourth-order valence-electron chi connectivity index (χ4n) is 2.77. The van der Waals surface area contributed by atoms with Crippen molar-refractivity contribution in [3.05, 3.63) is 24.3 Å². The summed E-state index contributed by atoms with van der Waals surface area (Å²) in [6.45, 7) is 4.93. The molecule has 4 nitrogen and oxygen atoms in total. The van der Waals surface area contributed by atoms with E-state index in [0.29, 0.717) is 12.5 Å². The van der Waals surface area contributed by atoms with Crippen molar-refractivity contribution in [1.82, 2.24) is 5.32 Å². The van der Waals surface area contributed by atoms with Gasteiger partial charge in [-0.3, -0.25) is 0 Å². The van der Waals surface area contributed by atoms with E-state index in [2.05, 4.69) is 24.5 Å². The van der Waals surface area contributed by atoms with Gasteiger partial charge in [0.2, 0.25) is 0 Å². The first kappa shape index (κ1) is 15.7. The lowest BCUT2D eigenvalue weighted by molar-refractivity contribution is 0.232. The Bertz CT molecular complexity index is 462. The number of nitrogens with one attached hydrogen (secondary N) is 2. The molecule has 2 unspecified atom stereocenters. The normalized spacial score (nSPS) is 21.6. The van der Waals surface area contributed by atoms with Crippen LogP contribution < -0.4 is 15.4 Å². The highest BCUT2D eigenvalue weighted by atomic mass is 16.5. The van der Waals surface area contributed by atoms with E-state index in [4.69, 9.17) is 4.74 Å². The third kappa shape index (κ3) is 4.66. The van der Waals surface area contributed by atoms with Crippen LogP contribution in [0.25, 0.3) is 0 Å². The first-order chi connectivity index (χ1) is 10.2. The summed E-state index contributed by atoms with van der Waals surface area (Å²) < 4.78 is 5.66. The minimum absolute atomic E-state index is 0.138. The second kappa shape index (κ2) is 7.91. The molecule has 1 aliphatic carbocycles. The van der Waals surface area contributed by atoms with Crippen molar-refractivity contribution in [2.45, 2.75) is 52.0 Å². The molecule has 0 aliphatic heterocycles. The van der Waals surface area contributed by atoms with Crippen LogP contribution in [0.2, 0.25) is 0 Å². The lowest BCUT2D eigenvalue weighted by Crippen LogP contribution is -2.43. The number of rotatable bonds is 5. The second-order valence-electron chi connectivity index (χ2n) is 5.81. The standard InChI is InChI=1S/C17H26N2O2/c1-3-12-21-16-11-7-6-10-15(16)19-17(20)18-14-9-5-4-8-13(14)2/h6-7,10-11,13-14H,3-5,8-9,12H2,1-2H3,(H2,18,19,20). The lowest BCUT2D eigenvalue weighted by atomic mass is 9.86. The van der Waals surface area contributed by atoms with Crippen molar-refractivity contribution in [3.63, 3.8) is 0 Å². The van der Waals surface area contributed by atoms with E-state index in [1.165, 1.54) is 19.3 Å². The van der Waals surface area contributed by atoms with Crippen LogP contribution in [0.15, 0.2) is 24.3 Å². The largest absolute Gasteiger partial charge is 0.491 e. The molecule has 2 rings (SSSR count). The summed E-state index contributed by atoms with van der Waals surface area (Å²) in [5.41, 5.74) is 0.729. The maximum Gasteiger partial charge on any atom is 0.319 e. The molecule has 2 amide bonds. The molecule has 1 aliphatic rings. The van der Waals surface area contributed by atoms with Crippen LogP contribution in [0.4, 0.5) is 10.5 Å². The van der Waals surface area contributed by atoms with Crippen LogP contribution >= 0.6 is 0 Å². The van der Waals surface area contributed by atoms with Crippen LogP contribution in [0, 0.1) is 5.92 Å². The summed E-state index contributed by atoms with van der Waals surface area (Å²) in [6, 6.07) is 7.71. The first-order valence-corrected chi connectivity index (χ1v) is 8.00. The van der Waals surface area contributed by atoms with E-state index in [1.54, 1.807) is 0 Å². The van der Waals surface area contributed by atoms with Gasteiger partial charge >= 0.3 is 6.03 Å². The molecule has 0 radical (unpaired) electrons. The van der Waals surface area contributed by atoms with Gasteiger partial charge in [-0.05, 0) is 37.3 Å². The molecule has 4 heteroatoms. The van der Waals surface area contributed by atoms with Gasteiger partial charge in [0.25, 0.3) is 0 Å². The Balaban J connectivity index is 1.92. The highest BCUT2D eigenvalue weighted by Crippen LogP contribution is 2.25. The molecule has 2 N–H and O–H groups in total. The Kier molecular flexibility index (Phi) is 5.90. The van der Waals surface area contributed by atoms with Crippen molar-refractivity contribution >= 4 is 11.7 Å². The number of carbonyl (C=O) groups excluding carboxylic acids is 1. The molecule has 116 valence electrons. The van der Waals surface area contributed by atoms with Crippen LogP contribution in [0.1, 0.15) is 46.0 Å². The summed E-state index contributed by atoms with van der Waals surface area (Å²) >= 11 is 0. The quantitative estimate of drug-likeness (QED) is 0.855. The molecule has 2 atom stereocenters. The third-order valence-electron chi connectivity index (χ3n) is 4.02. The first-order valence-electron chi connectivity index (χ1n) is 8.00. The maximum absolute atomic E-state index is 12.2. The Labute approximate surface area is 127 Å². The molecule has 1 saturated carbocycles. The Hall–Kier alpha value is -1.71. The minimum atomic E-state index is -0.138. The van der Waals surface area contributed by atoms with Gasteiger partial charge in [0, 0.05) is 6.04 Å². The molecular formula is C17H26N2O2. The summed E-state index contributed by atoms with van der Waals surface area (Å²) in [4.78, 5) is 12.2. The predicted molar refractivity (Wildman–Crippen MR) is 85.8 cm³/mol. The van der Waals surface area contributed by atoms with Crippen LogP contribution in [0.5, 0.6) is 5.75 Å². The smallest absolute Gasteiger partial charge is 0.319 e. The number of anilines is 1. The summed E-state index contributed by atoms with van der Waals surface area (Å²) in [6.07, 6.45) is 5.68. The average Bonchev–Trinajstić information content (AvgIpc) is 2.49. The molecule has 1 fully saturated rings. The zero-order valence-electron chi connectivity index (χ0n) is 13.0. The zero-order chi connectivity index (χ0) is 15.1. The average molecular weight is 290 g/mol. The van der Waals surface area contributed by atoms with Gasteiger partial charge in [-0.1, -0.05) is 38.8 Å². The van der Waals surface area contributed by atoms with Gasteiger partial charge in [0.1, 0.15) is 5.75 Å². The number of para-hydroxylation sites is 2. The number of urea groups is 1. The SMILES string of the molecule is CCCOc1ccccc1NC(=O)NC1CCCCC1C. The number of hydrogen-bond acceptors (Lipinski definition) is 2. The monoisotopic (exact) mass is 290 g/mol. The highest BCUT2D eigenvalue weighted by Gasteiger charge is 2.22. The molecular weight excluding hydrogens is 264 g/mol. The number of hydrogen-bond donors (Lipinski definition) is 2. The molecule has 0 saturated heterocycles. The Morgan fingerprint density at radius 2 is 2.05 bits per heavy atom. The molecule has 0 bridgehead atoms. The summed E-state index contributed by atoms with van der Waals surface area (Å²) in [5.74, 6) is 1.28. The van der Waals surface area contributed by atoms with Gasteiger partial charge in [0.15, 0.2) is 0 Å². The number of benzene rings is 1. The van der Waals surface area contributed by atoms with Gasteiger partial charge < -0.3 is 15.4 Å². The Morgan fingerprint density at radius 3 is 2.81 bits per heavy atom. The zero-order valence-corrected chi connectivity index (χ0v) is 13.0. The topological polar surface area (TPSA) is 50.4 Å². The predicted octanol–water partition coefficient (Wildman–Crippen LogP) is 4.18. The maximum atomic E-state index is 12.2. The molecule has 21 heavy (non-hydrogen) atoms. The van der Waals surface area contributed by atoms with Crippen molar-refractivity contribution in [2.75, 3.05) is 11.9 Å². The van der Waals surface area contributed by atoms with E-state index in [1.807, 2.05) is 24.3 Å². The van der Waals surface area contributed by atoms with Gasteiger partial charge in [-0.25, -0.2) is 4.79 Å². The van der Waals surface area contributed by atoms with Crippen LogP contribution in [0.3, 0.4) is 0 Å². The molecule has 1 aromatic carbocycles. The van der Waals surface area contributed by atoms with Gasteiger partial charge in [0.05, 0.1) is 12.3 Å². The van der Waals surface area contributed by atoms with Gasteiger partial charge in [-0.15, -0.1) is 0 Å². The van der Waals surface area contributed by atoms with Crippen molar-refractivity contribution in [2.24, 2.45) is 5.92 Å². The van der Waals surface area contributed by atoms with E-state index < -0.39 is 0 Å². The van der Waals surface area contributed by atoms with Crippen molar-refractivity contribution in [3.8, 4) is 5.75 Å². The number of ether oxygens (including phenoxy) is 1. The van der Waals surface area contributed by atoms with Gasteiger partial charge in [-0.2, -0.15) is 0 Å². The second-order valence-corrected chi connectivity index (χ2v) is 5.81.